The summed E-state index contributed by atoms with van der Waals surface area (Å²) in [5.41, 5.74) is 3.50. The molecule has 3 rings (SSSR count). The second-order valence-electron chi connectivity index (χ2n) is 6.23. The van der Waals surface area contributed by atoms with E-state index in [9.17, 15) is 0 Å². The van der Waals surface area contributed by atoms with Crippen LogP contribution in [0.15, 0.2) is 54.6 Å². The third kappa shape index (κ3) is 4.89. The number of benzene rings is 2. The Morgan fingerprint density at radius 3 is 2.29 bits per heavy atom. The summed E-state index contributed by atoms with van der Waals surface area (Å²) in [7, 11) is 0. The molecule has 1 saturated heterocycles. The van der Waals surface area contributed by atoms with Crippen LogP contribution in [0.2, 0.25) is 0 Å². The van der Waals surface area contributed by atoms with E-state index in [0.717, 1.165) is 45.0 Å². The monoisotopic (exact) mass is 326 g/mol. The second-order valence-corrected chi connectivity index (χ2v) is 6.23. The van der Waals surface area contributed by atoms with Crippen molar-refractivity contribution in [1.82, 2.24) is 10.2 Å². The maximum absolute atomic E-state index is 9.15. The molecule has 2 N–H and O–H groups in total. The number of ether oxygens (including phenoxy) is 1. The molecule has 1 aliphatic rings. The highest BCUT2D eigenvalue weighted by atomic mass is 16.5. The van der Waals surface area contributed by atoms with Gasteiger partial charge in [-0.05, 0) is 16.7 Å². The van der Waals surface area contributed by atoms with Crippen molar-refractivity contribution in [3.63, 3.8) is 0 Å². The highest BCUT2D eigenvalue weighted by Crippen LogP contribution is 2.16. The molecule has 4 heteroatoms. The maximum atomic E-state index is 9.15. The van der Waals surface area contributed by atoms with Crippen molar-refractivity contribution in [3.05, 3.63) is 71.3 Å². The fourth-order valence-electron chi connectivity index (χ4n) is 3.02. The van der Waals surface area contributed by atoms with Gasteiger partial charge in [-0.15, -0.1) is 0 Å². The Kier molecular flexibility index (Phi) is 6.38. The van der Waals surface area contributed by atoms with Crippen LogP contribution in [0, 0.1) is 0 Å². The van der Waals surface area contributed by atoms with Gasteiger partial charge in [-0.2, -0.15) is 0 Å². The first-order chi connectivity index (χ1) is 11.8. The molecule has 0 spiro atoms. The van der Waals surface area contributed by atoms with E-state index >= 15 is 0 Å². The molecular weight excluding hydrogens is 300 g/mol. The molecule has 4 nitrogen and oxygen atoms in total. The van der Waals surface area contributed by atoms with Crippen LogP contribution in [0.3, 0.4) is 0 Å². The van der Waals surface area contributed by atoms with Crippen molar-refractivity contribution in [3.8, 4) is 0 Å². The normalized spacial score (nSPS) is 16.9. The van der Waals surface area contributed by atoms with Crippen LogP contribution >= 0.6 is 0 Å². The topological polar surface area (TPSA) is 44.7 Å². The lowest BCUT2D eigenvalue weighted by atomic mass is 10.1. The van der Waals surface area contributed by atoms with Gasteiger partial charge in [0.25, 0.3) is 0 Å². The molecule has 128 valence electrons. The maximum Gasteiger partial charge on any atom is 0.0681 e. The van der Waals surface area contributed by atoms with E-state index in [4.69, 9.17) is 9.84 Å². The summed E-state index contributed by atoms with van der Waals surface area (Å²) in [5, 5.41) is 12.8. The van der Waals surface area contributed by atoms with Crippen molar-refractivity contribution in [2.45, 2.75) is 19.2 Å². The minimum absolute atomic E-state index is 0.0946. The van der Waals surface area contributed by atoms with Gasteiger partial charge in [-0.25, -0.2) is 0 Å². The molecule has 1 unspecified atom stereocenters. The van der Waals surface area contributed by atoms with Gasteiger partial charge in [0.05, 0.1) is 19.8 Å². The summed E-state index contributed by atoms with van der Waals surface area (Å²) in [6.07, 6.45) is 0. The van der Waals surface area contributed by atoms with E-state index in [1.807, 2.05) is 12.1 Å². The van der Waals surface area contributed by atoms with Gasteiger partial charge >= 0.3 is 0 Å². The second kappa shape index (κ2) is 8.94. The predicted octanol–water partition coefficient (Wildman–Crippen LogP) is 2.34. The third-order valence-electron chi connectivity index (χ3n) is 4.50. The number of aliphatic hydroxyl groups excluding tert-OH is 1. The first-order valence-electron chi connectivity index (χ1n) is 8.62. The molecule has 2 aromatic rings. The SMILES string of the molecule is OCc1ccc(CNC(CN2CCOCC2)c2ccccc2)cc1. The fraction of sp³-hybridized carbons (Fsp3) is 0.400. The average Bonchev–Trinajstić information content (AvgIpc) is 2.67. The lowest BCUT2D eigenvalue weighted by molar-refractivity contribution is 0.0333. The van der Waals surface area contributed by atoms with E-state index in [-0.39, 0.29) is 6.61 Å². The first kappa shape index (κ1) is 17.1. The summed E-state index contributed by atoms with van der Waals surface area (Å²) in [4.78, 5) is 2.46. The number of nitrogens with one attached hydrogen (secondary N) is 1. The van der Waals surface area contributed by atoms with Crippen LogP contribution in [-0.2, 0) is 17.9 Å². The Labute approximate surface area is 144 Å². The number of aliphatic hydroxyl groups is 1. The van der Waals surface area contributed by atoms with E-state index in [2.05, 4.69) is 52.7 Å². The van der Waals surface area contributed by atoms with Gasteiger partial charge in [0.1, 0.15) is 0 Å². The van der Waals surface area contributed by atoms with Crippen LogP contribution in [-0.4, -0.2) is 42.9 Å². The number of hydrogen-bond donors (Lipinski definition) is 2. The Balaban J connectivity index is 1.64. The van der Waals surface area contributed by atoms with Crippen LogP contribution in [0.5, 0.6) is 0 Å². The number of morpholine rings is 1. The highest BCUT2D eigenvalue weighted by Gasteiger charge is 2.17. The van der Waals surface area contributed by atoms with Gasteiger partial charge in [0.2, 0.25) is 0 Å². The van der Waals surface area contributed by atoms with Gasteiger partial charge in [0, 0.05) is 32.2 Å². The molecule has 0 radical (unpaired) electrons. The Bertz CT molecular complexity index is 595. The summed E-state index contributed by atoms with van der Waals surface area (Å²) >= 11 is 0. The minimum atomic E-state index is 0.0946. The van der Waals surface area contributed by atoms with Crippen molar-refractivity contribution >= 4 is 0 Å². The molecule has 0 aliphatic carbocycles. The molecule has 0 saturated carbocycles. The van der Waals surface area contributed by atoms with Crippen molar-refractivity contribution in [1.29, 1.82) is 0 Å². The van der Waals surface area contributed by atoms with Gasteiger partial charge < -0.3 is 15.2 Å². The average molecular weight is 326 g/mol. The number of nitrogens with zero attached hydrogens (tertiary/aromatic N) is 1. The van der Waals surface area contributed by atoms with Gasteiger partial charge in [0.15, 0.2) is 0 Å². The van der Waals surface area contributed by atoms with E-state index < -0.39 is 0 Å². The highest BCUT2D eigenvalue weighted by molar-refractivity contribution is 5.23. The van der Waals surface area contributed by atoms with E-state index in [0.29, 0.717) is 6.04 Å². The fourth-order valence-corrected chi connectivity index (χ4v) is 3.02. The van der Waals surface area contributed by atoms with Crippen LogP contribution in [0.4, 0.5) is 0 Å². The summed E-state index contributed by atoms with van der Waals surface area (Å²) in [6, 6.07) is 19.0. The summed E-state index contributed by atoms with van der Waals surface area (Å²) < 4.78 is 5.46. The van der Waals surface area contributed by atoms with Gasteiger partial charge in [-0.3, -0.25) is 4.90 Å². The molecule has 0 bridgehead atoms. The molecule has 1 fully saturated rings. The smallest absolute Gasteiger partial charge is 0.0681 e. The molecule has 1 heterocycles. The zero-order valence-corrected chi connectivity index (χ0v) is 14.0. The molecule has 2 aromatic carbocycles. The molecular formula is C20H26N2O2. The predicted molar refractivity (Wildman–Crippen MR) is 95.6 cm³/mol. The summed E-state index contributed by atoms with van der Waals surface area (Å²) in [6.45, 7) is 5.54. The quantitative estimate of drug-likeness (QED) is 0.820. The molecule has 1 atom stereocenters. The Morgan fingerprint density at radius 2 is 1.62 bits per heavy atom. The number of rotatable bonds is 7. The molecule has 0 aromatic heterocycles. The number of hydrogen-bond acceptors (Lipinski definition) is 4. The lowest BCUT2D eigenvalue weighted by Crippen LogP contribution is -2.41. The zero-order valence-electron chi connectivity index (χ0n) is 14.0. The van der Waals surface area contributed by atoms with Crippen LogP contribution in [0.1, 0.15) is 22.7 Å². The zero-order chi connectivity index (χ0) is 16.6. The van der Waals surface area contributed by atoms with E-state index in [1.165, 1.54) is 11.1 Å². The Morgan fingerprint density at radius 1 is 0.958 bits per heavy atom. The van der Waals surface area contributed by atoms with Crippen molar-refractivity contribution in [2.75, 3.05) is 32.8 Å². The van der Waals surface area contributed by atoms with Crippen molar-refractivity contribution < 1.29 is 9.84 Å². The molecule has 1 aliphatic heterocycles. The first-order valence-corrected chi connectivity index (χ1v) is 8.62. The largest absolute Gasteiger partial charge is 0.392 e. The van der Waals surface area contributed by atoms with Gasteiger partial charge in [-0.1, -0.05) is 54.6 Å². The van der Waals surface area contributed by atoms with Crippen LogP contribution < -0.4 is 5.32 Å². The van der Waals surface area contributed by atoms with E-state index in [1.54, 1.807) is 0 Å². The third-order valence-corrected chi connectivity index (χ3v) is 4.50. The Hall–Kier alpha value is -1.72. The molecule has 24 heavy (non-hydrogen) atoms. The van der Waals surface area contributed by atoms with Crippen molar-refractivity contribution in [2.24, 2.45) is 0 Å². The minimum Gasteiger partial charge on any atom is -0.392 e. The lowest BCUT2D eigenvalue weighted by Gasteiger charge is -2.31. The van der Waals surface area contributed by atoms with Crippen LogP contribution in [0.25, 0.3) is 0 Å². The summed E-state index contributed by atoms with van der Waals surface area (Å²) in [5.74, 6) is 0. The standard InChI is InChI=1S/C20H26N2O2/c23-16-18-8-6-17(7-9-18)14-21-20(19-4-2-1-3-5-19)15-22-10-12-24-13-11-22/h1-9,20-21,23H,10-16H2. The molecule has 0 amide bonds.